The van der Waals surface area contributed by atoms with Crippen LogP contribution in [0.1, 0.15) is 147 Å². The van der Waals surface area contributed by atoms with Crippen LogP contribution in [0.4, 0.5) is 11.4 Å². The van der Waals surface area contributed by atoms with Gasteiger partial charge in [0.15, 0.2) is 0 Å². The molecule has 0 aliphatic heterocycles. The van der Waals surface area contributed by atoms with Crippen LogP contribution in [-0.2, 0) is 25.7 Å². The Morgan fingerprint density at radius 1 is 0.436 bits per heavy atom. The van der Waals surface area contributed by atoms with Crippen LogP contribution in [0.15, 0.2) is 46.4 Å². The zero-order valence-electron chi connectivity index (χ0n) is 26.4. The average Bonchev–Trinajstić information content (AvgIpc) is 2.95. The topological polar surface area (TPSA) is 24.7 Å². The molecular weight excluding hydrogens is 472 g/mol. The fourth-order valence-electron chi connectivity index (χ4n) is 5.18. The van der Waals surface area contributed by atoms with Crippen molar-refractivity contribution in [2.24, 2.45) is 9.98 Å². The summed E-state index contributed by atoms with van der Waals surface area (Å²) in [4.78, 5) is 10.7. The van der Waals surface area contributed by atoms with E-state index in [0.717, 1.165) is 55.6 Å². The normalized spacial score (nSPS) is 12.4. The molecular formula is C37H58N2. The van der Waals surface area contributed by atoms with Crippen LogP contribution in [0, 0.1) is 0 Å². The first-order valence-electron chi connectivity index (χ1n) is 16.5. The molecule has 2 nitrogen and oxygen atoms in total. The second-order valence-electron chi connectivity index (χ2n) is 11.4. The van der Waals surface area contributed by atoms with Gasteiger partial charge in [0.25, 0.3) is 0 Å². The smallest absolute Gasteiger partial charge is 0.0639 e. The molecule has 2 heteroatoms. The van der Waals surface area contributed by atoms with Crippen LogP contribution in [0.3, 0.4) is 0 Å². The first kappa shape index (κ1) is 33.0. The Bertz CT molecular complexity index is 962. The van der Waals surface area contributed by atoms with Gasteiger partial charge in [-0.25, -0.2) is 0 Å². The van der Waals surface area contributed by atoms with Crippen LogP contribution in [0.2, 0.25) is 0 Å². The minimum Gasteiger partial charge on any atom is -0.252 e. The summed E-state index contributed by atoms with van der Waals surface area (Å²) in [5, 5.41) is 0. The first-order valence-corrected chi connectivity index (χ1v) is 16.5. The van der Waals surface area contributed by atoms with E-state index in [1.807, 2.05) is 0 Å². The summed E-state index contributed by atoms with van der Waals surface area (Å²) in [6.45, 7) is 13.6. The van der Waals surface area contributed by atoms with Gasteiger partial charge in [-0.1, -0.05) is 92.2 Å². The maximum Gasteiger partial charge on any atom is 0.0639 e. The Morgan fingerprint density at radius 3 is 1.13 bits per heavy atom. The predicted octanol–water partition coefficient (Wildman–Crippen LogP) is 11.9. The van der Waals surface area contributed by atoms with Crippen LogP contribution < -0.4 is 0 Å². The minimum absolute atomic E-state index is 0.909. The third-order valence-electron chi connectivity index (χ3n) is 7.56. The highest BCUT2D eigenvalue weighted by Gasteiger charge is 2.11. The largest absolute Gasteiger partial charge is 0.252 e. The van der Waals surface area contributed by atoms with Crippen LogP contribution in [0.5, 0.6) is 0 Å². The first-order chi connectivity index (χ1) is 19.1. The van der Waals surface area contributed by atoms with Crippen molar-refractivity contribution in [3.8, 4) is 0 Å². The summed E-state index contributed by atoms with van der Waals surface area (Å²) < 4.78 is 0. The molecule has 2 aromatic carbocycles. The second kappa shape index (κ2) is 19.8. The number of benzene rings is 2. The molecule has 2 aromatic rings. The van der Waals surface area contributed by atoms with E-state index in [-0.39, 0.29) is 0 Å². The Morgan fingerprint density at radius 2 is 0.795 bits per heavy atom. The summed E-state index contributed by atoms with van der Waals surface area (Å²) in [6, 6.07) is 14.2. The number of nitrogens with zero attached hydrogens (tertiary/aromatic N) is 2. The van der Waals surface area contributed by atoms with Crippen LogP contribution >= 0.6 is 0 Å². The van der Waals surface area contributed by atoms with E-state index in [9.17, 15) is 0 Å². The van der Waals surface area contributed by atoms with Gasteiger partial charge in [0.05, 0.1) is 22.8 Å². The SMILES string of the molecule is CCCCCC(=Nc1cc(CCCC)cc(CCCC)c1)C(CC)=Nc1cc(CCCC)cc(CCCC)c1. The van der Waals surface area contributed by atoms with Crippen molar-refractivity contribution in [1.29, 1.82) is 0 Å². The van der Waals surface area contributed by atoms with Gasteiger partial charge in [-0.3, -0.25) is 9.98 Å². The Kier molecular flexibility index (Phi) is 16.7. The molecule has 0 N–H and O–H groups in total. The van der Waals surface area contributed by atoms with E-state index in [1.165, 1.54) is 98.6 Å². The summed E-state index contributed by atoms with van der Waals surface area (Å²) in [5.41, 5.74) is 10.4. The van der Waals surface area contributed by atoms with Gasteiger partial charge in [-0.2, -0.15) is 0 Å². The molecule has 0 bridgehead atoms. The Labute approximate surface area is 241 Å². The molecule has 0 heterocycles. The standard InChI is InChI=1S/C37H58N2/c1-7-13-18-23-37(39-35-28-32(21-16-10-4)25-33(29-35)22-17-11-5)36(12-6)38-34-26-30(19-14-8-2)24-31(27-34)20-15-9-3/h24-29H,7-23H2,1-6H3. The Hall–Kier alpha value is -2.22. The summed E-state index contributed by atoms with van der Waals surface area (Å²) >= 11 is 0. The maximum absolute atomic E-state index is 5.37. The van der Waals surface area contributed by atoms with Crippen molar-refractivity contribution in [2.45, 2.75) is 151 Å². The lowest BCUT2D eigenvalue weighted by molar-refractivity contribution is 0.743. The highest BCUT2D eigenvalue weighted by atomic mass is 14.8. The van der Waals surface area contributed by atoms with E-state index in [0.29, 0.717) is 0 Å². The molecule has 216 valence electrons. The lowest BCUT2D eigenvalue weighted by Crippen LogP contribution is -2.13. The number of unbranched alkanes of at least 4 members (excludes halogenated alkanes) is 6. The van der Waals surface area contributed by atoms with Crippen molar-refractivity contribution < 1.29 is 0 Å². The van der Waals surface area contributed by atoms with Crippen molar-refractivity contribution in [1.82, 2.24) is 0 Å². The molecule has 0 radical (unpaired) electrons. The monoisotopic (exact) mass is 530 g/mol. The van der Waals surface area contributed by atoms with E-state index < -0.39 is 0 Å². The zero-order valence-corrected chi connectivity index (χ0v) is 26.4. The summed E-state index contributed by atoms with van der Waals surface area (Å²) in [7, 11) is 0. The van der Waals surface area contributed by atoms with E-state index in [1.54, 1.807) is 0 Å². The average molecular weight is 531 g/mol. The van der Waals surface area contributed by atoms with E-state index in [4.69, 9.17) is 9.98 Å². The molecule has 0 amide bonds. The summed E-state index contributed by atoms with van der Waals surface area (Å²) in [6.07, 6.45) is 20.0. The molecule has 0 aliphatic carbocycles. The lowest BCUT2D eigenvalue weighted by Gasteiger charge is -2.13. The van der Waals surface area contributed by atoms with Crippen molar-refractivity contribution in [2.75, 3.05) is 0 Å². The highest BCUT2D eigenvalue weighted by molar-refractivity contribution is 6.43. The van der Waals surface area contributed by atoms with Gasteiger partial charge >= 0.3 is 0 Å². The number of aryl methyl sites for hydroxylation is 4. The lowest BCUT2D eigenvalue weighted by atomic mass is 10.00. The molecule has 0 spiro atoms. The van der Waals surface area contributed by atoms with Crippen molar-refractivity contribution >= 4 is 22.8 Å². The molecule has 0 atom stereocenters. The molecule has 2 rings (SSSR count). The Balaban J connectivity index is 2.53. The predicted molar refractivity (Wildman–Crippen MR) is 176 cm³/mol. The maximum atomic E-state index is 5.37. The van der Waals surface area contributed by atoms with Gasteiger partial charge in [-0.15, -0.1) is 0 Å². The van der Waals surface area contributed by atoms with Crippen LogP contribution in [-0.4, -0.2) is 11.4 Å². The number of aliphatic imine (C=N–C) groups is 2. The third kappa shape index (κ3) is 12.7. The molecule has 0 aliphatic rings. The number of hydrogen-bond donors (Lipinski definition) is 0. The summed E-state index contributed by atoms with van der Waals surface area (Å²) in [5.74, 6) is 0. The van der Waals surface area contributed by atoms with Gasteiger partial charge in [0, 0.05) is 0 Å². The molecule has 0 saturated carbocycles. The molecule has 0 unspecified atom stereocenters. The number of hydrogen-bond acceptors (Lipinski definition) is 2. The van der Waals surface area contributed by atoms with Gasteiger partial charge < -0.3 is 0 Å². The molecule has 0 saturated heterocycles. The quantitative estimate of drug-likeness (QED) is 0.120. The van der Waals surface area contributed by atoms with Crippen molar-refractivity contribution in [3.05, 3.63) is 58.7 Å². The molecule has 0 aromatic heterocycles. The van der Waals surface area contributed by atoms with Gasteiger partial charge in [-0.05, 0) is 117 Å². The van der Waals surface area contributed by atoms with E-state index >= 15 is 0 Å². The highest BCUT2D eigenvalue weighted by Crippen LogP contribution is 2.25. The van der Waals surface area contributed by atoms with Gasteiger partial charge in [0.1, 0.15) is 0 Å². The van der Waals surface area contributed by atoms with Gasteiger partial charge in [0.2, 0.25) is 0 Å². The third-order valence-corrected chi connectivity index (χ3v) is 7.56. The van der Waals surface area contributed by atoms with Crippen LogP contribution in [0.25, 0.3) is 0 Å². The second-order valence-corrected chi connectivity index (χ2v) is 11.4. The minimum atomic E-state index is 0.909. The van der Waals surface area contributed by atoms with E-state index in [2.05, 4.69) is 77.9 Å². The molecule has 0 fully saturated rings. The fraction of sp³-hybridized carbons (Fsp3) is 0.622. The van der Waals surface area contributed by atoms with Crippen molar-refractivity contribution in [3.63, 3.8) is 0 Å². The number of rotatable bonds is 20. The zero-order chi connectivity index (χ0) is 28.3. The molecule has 39 heavy (non-hydrogen) atoms. The fourth-order valence-corrected chi connectivity index (χ4v) is 5.18.